The van der Waals surface area contributed by atoms with E-state index < -0.39 is 0 Å². The van der Waals surface area contributed by atoms with E-state index in [2.05, 4.69) is 47.6 Å². The van der Waals surface area contributed by atoms with Crippen molar-refractivity contribution in [2.75, 3.05) is 20.0 Å². The Morgan fingerprint density at radius 2 is 1.59 bits per heavy atom. The van der Waals surface area contributed by atoms with Gasteiger partial charge in [-0.05, 0) is 34.1 Å². The molecule has 1 atom stereocenters. The first-order valence-electron chi connectivity index (χ1n) is 9.81. The van der Waals surface area contributed by atoms with Crippen molar-refractivity contribution < 1.29 is 18.7 Å². The van der Waals surface area contributed by atoms with Crippen molar-refractivity contribution in [2.45, 2.75) is 41.5 Å². The molecule has 0 amide bonds. The van der Waals surface area contributed by atoms with E-state index in [1.54, 1.807) is 14.2 Å². The van der Waals surface area contributed by atoms with Crippen molar-refractivity contribution in [3.05, 3.63) is 35.6 Å². The summed E-state index contributed by atoms with van der Waals surface area (Å²) in [6.45, 7) is 12.6. The molecule has 0 bridgehead atoms. The summed E-state index contributed by atoms with van der Waals surface area (Å²) in [4.78, 5) is 13.6. The van der Waals surface area contributed by atoms with Crippen LogP contribution in [0.5, 0.6) is 11.5 Å². The highest BCUT2D eigenvalue weighted by Crippen LogP contribution is 2.50. The minimum atomic E-state index is -0.264. The Hall–Kier alpha value is -2.69. The maximum Gasteiger partial charge on any atom is 0.199 e. The number of benzene rings is 1. The number of anilines is 1. The second kappa shape index (κ2) is 6.97. The molecule has 0 aliphatic heterocycles. The van der Waals surface area contributed by atoms with Gasteiger partial charge in [-0.2, -0.15) is 0 Å². The summed E-state index contributed by atoms with van der Waals surface area (Å²) in [6.07, 6.45) is 2.06. The van der Waals surface area contributed by atoms with Crippen molar-refractivity contribution in [2.24, 2.45) is 16.7 Å². The highest BCUT2D eigenvalue weighted by molar-refractivity contribution is 6.12. The van der Waals surface area contributed by atoms with E-state index in [9.17, 15) is 4.79 Å². The molecule has 0 radical (unpaired) electrons. The van der Waals surface area contributed by atoms with Gasteiger partial charge in [0, 0.05) is 5.92 Å². The van der Waals surface area contributed by atoms with Gasteiger partial charge in [-0.25, -0.2) is 0 Å². The quantitative estimate of drug-likeness (QED) is 0.705. The number of hydrogen-bond donors (Lipinski definition) is 1. The molecule has 0 saturated carbocycles. The third-order valence-corrected chi connectivity index (χ3v) is 5.46. The number of nitrogens with two attached hydrogens (primary N) is 1. The van der Waals surface area contributed by atoms with Gasteiger partial charge in [-0.15, -0.1) is 0 Å². The number of carbonyl (C=O) groups excluding carboxylic acids is 1. The summed E-state index contributed by atoms with van der Waals surface area (Å²) in [5.41, 5.74) is 8.84. The molecule has 1 unspecified atom stereocenters. The number of methoxy groups -OCH3 is 2. The molecule has 3 rings (SSSR count). The maximum atomic E-state index is 13.6. The first kappa shape index (κ1) is 21.0. The molecule has 1 heterocycles. The van der Waals surface area contributed by atoms with Gasteiger partial charge in [0.15, 0.2) is 23.2 Å². The van der Waals surface area contributed by atoms with Gasteiger partial charge >= 0.3 is 0 Å². The molecular weight excluding hydrogens is 366 g/mol. The zero-order valence-electron chi connectivity index (χ0n) is 18.6. The topological polar surface area (TPSA) is 74.7 Å². The van der Waals surface area contributed by atoms with Gasteiger partial charge in [0.25, 0.3) is 0 Å². The second-order valence-electron chi connectivity index (χ2n) is 9.65. The van der Waals surface area contributed by atoms with Crippen molar-refractivity contribution >= 4 is 17.2 Å². The number of ether oxygens (including phenoxy) is 2. The van der Waals surface area contributed by atoms with Crippen LogP contribution in [0.2, 0.25) is 0 Å². The molecule has 0 spiro atoms. The number of nitrogen functional groups attached to an aromatic ring is 1. The van der Waals surface area contributed by atoms with Gasteiger partial charge in [0.1, 0.15) is 5.76 Å². The van der Waals surface area contributed by atoms with Gasteiger partial charge < -0.3 is 19.6 Å². The molecule has 0 saturated heterocycles. The molecule has 1 aliphatic carbocycles. The summed E-state index contributed by atoms with van der Waals surface area (Å²) in [5.74, 6) is 1.76. The molecule has 1 aromatic heterocycles. The number of rotatable bonds is 3. The zero-order valence-corrected chi connectivity index (χ0v) is 18.6. The lowest BCUT2D eigenvalue weighted by Crippen LogP contribution is -2.32. The highest BCUT2D eigenvalue weighted by Gasteiger charge is 2.42. The van der Waals surface area contributed by atoms with Crippen LogP contribution in [-0.4, -0.2) is 20.0 Å². The first-order chi connectivity index (χ1) is 13.4. The Morgan fingerprint density at radius 1 is 0.966 bits per heavy atom. The number of Topliss-reactive ketones (excluding diaryl/α,β-unsaturated/α-hetero) is 1. The Kier molecular flexibility index (Phi) is 5.06. The smallest absolute Gasteiger partial charge is 0.199 e. The van der Waals surface area contributed by atoms with Crippen LogP contribution in [0.4, 0.5) is 5.88 Å². The molecule has 5 heteroatoms. The molecule has 0 fully saturated rings. The fraction of sp³-hybridized carbons (Fsp3) is 0.458. The Morgan fingerprint density at radius 3 is 2.10 bits per heavy atom. The molecule has 5 nitrogen and oxygen atoms in total. The number of furan rings is 1. The minimum Gasteiger partial charge on any atom is -0.493 e. The summed E-state index contributed by atoms with van der Waals surface area (Å²) in [5, 5.41) is 0. The number of hydrogen-bond acceptors (Lipinski definition) is 5. The maximum absolute atomic E-state index is 13.6. The van der Waals surface area contributed by atoms with Gasteiger partial charge in [-0.3, -0.25) is 4.79 Å². The fourth-order valence-corrected chi connectivity index (χ4v) is 3.86. The SMILES string of the molecule is COc1ccc(-c2c(N)oc3c2C(=O)C(C(C)(C)C)C=C3C(C)(C)C)cc1OC. The molecule has 2 N–H and O–H groups in total. The molecule has 1 aliphatic rings. The number of allylic oxidation sites excluding steroid dienone is 2. The lowest BCUT2D eigenvalue weighted by molar-refractivity contribution is 0.0865. The van der Waals surface area contributed by atoms with E-state index in [-0.39, 0.29) is 28.4 Å². The van der Waals surface area contributed by atoms with Crippen LogP contribution >= 0.6 is 0 Å². The van der Waals surface area contributed by atoms with Crippen molar-refractivity contribution in [3.8, 4) is 22.6 Å². The molecule has 1 aromatic carbocycles. The Balaban J connectivity index is 2.30. The zero-order chi connectivity index (χ0) is 21.7. The third-order valence-electron chi connectivity index (χ3n) is 5.46. The number of carbonyl (C=O) groups is 1. The predicted molar refractivity (Wildman–Crippen MR) is 116 cm³/mol. The van der Waals surface area contributed by atoms with Crippen LogP contribution in [-0.2, 0) is 0 Å². The van der Waals surface area contributed by atoms with E-state index in [4.69, 9.17) is 19.6 Å². The summed E-state index contributed by atoms with van der Waals surface area (Å²) >= 11 is 0. The largest absolute Gasteiger partial charge is 0.493 e. The summed E-state index contributed by atoms with van der Waals surface area (Å²) < 4.78 is 16.8. The third kappa shape index (κ3) is 3.54. The van der Waals surface area contributed by atoms with E-state index in [1.165, 1.54) is 0 Å². The average molecular weight is 398 g/mol. The van der Waals surface area contributed by atoms with Crippen LogP contribution in [0.3, 0.4) is 0 Å². The van der Waals surface area contributed by atoms with Crippen LogP contribution < -0.4 is 15.2 Å². The van der Waals surface area contributed by atoms with E-state index in [0.717, 1.165) is 11.1 Å². The first-order valence-corrected chi connectivity index (χ1v) is 9.81. The standard InChI is InChI=1S/C24H31NO4/c1-23(2,3)14-12-15(24(4,5)6)21-19(20(14)26)18(22(25)29-21)13-9-10-16(27-7)17(11-13)28-8/h9-12,14H,25H2,1-8H3. The van der Waals surface area contributed by atoms with Gasteiger partial charge in [0.05, 0.1) is 25.3 Å². The van der Waals surface area contributed by atoms with Crippen molar-refractivity contribution in [3.63, 3.8) is 0 Å². The predicted octanol–water partition coefficient (Wildman–Crippen LogP) is 5.83. The monoisotopic (exact) mass is 397 g/mol. The van der Waals surface area contributed by atoms with Crippen LogP contribution in [0.25, 0.3) is 16.7 Å². The lowest BCUT2D eigenvalue weighted by atomic mass is 9.68. The fourth-order valence-electron chi connectivity index (χ4n) is 3.86. The van der Waals surface area contributed by atoms with E-state index in [0.29, 0.717) is 28.4 Å². The highest BCUT2D eigenvalue weighted by atomic mass is 16.5. The molecule has 29 heavy (non-hydrogen) atoms. The van der Waals surface area contributed by atoms with E-state index in [1.807, 2.05) is 18.2 Å². The minimum absolute atomic E-state index is 0.0331. The van der Waals surface area contributed by atoms with Crippen LogP contribution in [0.1, 0.15) is 57.7 Å². The normalized spacial score (nSPS) is 17.0. The molecule has 156 valence electrons. The number of ketones is 1. The summed E-state index contributed by atoms with van der Waals surface area (Å²) in [6, 6.07) is 5.51. The molecular formula is C24H31NO4. The number of fused-ring (bicyclic) bond motifs is 1. The lowest BCUT2D eigenvalue weighted by Gasteiger charge is -2.34. The Labute approximate surface area is 172 Å². The van der Waals surface area contributed by atoms with E-state index >= 15 is 0 Å². The second-order valence-corrected chi connectivity index (χ2v) is 9.65. The van der Waals surface area contributed by atoms with Crippen molar-refractivity contribution in [1.29, 1.82) is 0 Å². The molecule has 2 aromatic rings. The Bertz CT molecular complexity index is 984. The summed E-state index contributed by atoms with van der Waals surface area (Å²) in [7, 11) is 3.17. The van der Waals surface area contributed by atoms with Crippen LogP contribution in [0, 0.1) is 16.7 Å². The van der Waals surface area contributed by atoms with Crippen LogP contribution in [0.15, 0.2) is 28.7 Å². The van der Waals surface area contributed by atoms with Gasteiger partial charge in [-0.1, -0.05) is 53.7 Å². The average Bonchev–Trinajstić information content (AvgIpc) is 2.96. The van der Waals surface area contributed by atoms with Gasteiger partial charge in [0.2, 0.25) is 0 Å². The van der Waals surface area contributed by atoms with Crippen molar-refractivity contribution in [1.82, 2.24) is 0 Å².